The third kappa shape index (κ3) is 6.64. The lowest BCUT2D eigenvalue weighted by atomic mass is 10.0. The molecule has 0 unspecified atom stereocenters. The summed E-state index contributed by atoms with van der Waals surface area (Å²) in [6.07, 6.45) is 3.69. The average molecular weight is 488 g/mol. The molecule has 9 heteroatoms. The number of ether oxygens (including phenoxy) is 1. The van der Waals surface area contributed by atoms with Crippen LogP contribution < -0.4 is 20.7 Å². The molecule has 0 aliphatic heterocycles. The van der Waals surface area contributed by atoms with Gasteiger partial charge in [0.25, 0.3) is 5.91 Å². The number of amides is 2. The minimum absolute atomic E-state index is 0.229. The van der Waals surface area contributed by atoms with Crippen molar-refractivity contribution < 1.29 is 14.3 Å². The number of carbonyl (C=O) groups excluding carboxylic acids is 2. The summed E-state index contributed by atoms with van der Waals surface area (Å²) in [5.74, 6) is -0.0292. The Morgan fingerprint density at radius 2 is 1.71 bits per heavy atom. The summed E-state index contributed by atoms with van der Waals surface area (Å²) in [7, 11) is 1.59. The van der Waals surface area contributed by atoms with Gasteiger partial charge in [0.2, 0.25) is 5.91 Å². The quantitative estimate of drug-likeness (QED) is 0.313. The number of methoxy groups -OCH3 is 1. The minimum atomic E-state index is -0.765. The molecule has 0 saturated heterocycles. The maximum Gasteiger partial charge on any atom is 0.271 e. The van der Waals surface area contributed by atoms with E-state index in [1.54, 1.807) is 24.9 Å². The number of benzene rings is 2. The number of thiazole rings is 1. The Kier molecular flexibility index (Phi) is 8.03. The number of hydrogen-bond donors (Lipinski definition) is 3. The van der Waals surface area contributed by atoms with E-state index in [1.165, 1.54) is 11.3 Å². The molecule has 2 heterocycles. The molecule has 0 spiro atoms. The third-order valence-electron chi connectivity index (χ3n) is 5.21. The number of pyridine rings is 1. The second kappa shape index (κ2) is 11.8. The Labute approximate surface area is 207 Å². The zero-order valence-corrected chi connectivity index (χ0v) is 19.9. The smallest absolute Gasteiger partial charge is 0.271 e. The number of rotatable bonds is 10. The molecule has 0 aliphatic carbocycles. The standard InChI is InChI=1S/C26H25N5O3S/c1-34-23-10-6-5-9-20(23)30-26-31-22(17-35-26)25(33)29-21(15-18-7-3-2-4-8-18)24(32)28-16-19-11-13-27-14-12-19/h2-14,17,21H,15-16H2,1H3,(H,28,32)(H,29,33)(H,30,31)/t21-/m1/s1. The summed E-state index contributed by atoms with van der Waals surface area (Å²) in [5.41, 5.74) is 2.83. The summed E-state index contributed by atoms with van der Waals surface area (Å²) < 4.78 is 5.35. The molecular formula is C26H25N5O3S. The van der Waals surface area contributed by atoms with E-state index in [0.717, 1.165) is 16.8 Å². The summed E-state index contributed by atoms with van der Waals surface area (Å²) in [6, 6.07) is 19.9. The van der Waals surface area contributed by atoms with Gasteiger partial charge >= 0.3 is 0 Å². The molecule has 0 saturated carbocycles. The predicted molar refractivity (Wildman–Crippen MR) is 136 cm³/mol. The summed E-state index contributed by atoms with van der Waals surface area (Å²) in [4.78, 5) is 34.4. The van der Waals surface area contributed by atoms with Crippen LogP contribution in [0.1, 0.15) is 21.6 Å². The van der Waals surface area contributed by atoms with Crippen LogP contribution in [0.25, 0.3) is 0 Å². The summed E-state index contributed by atoms with van der Waals surface area (Å²) >= 11 is 1.29. The van der Waals surface area contributed by atoms with Crippen molar-refractivity contribution in [2.75, 3.05) is 12.4 Å². The molecule has 4 rings (SSSR count). The predicted octanol–water partition coefficient (Wildman–Crippen LogP) is 3.95. The molecular weight excluding hydrogens is 462 g/mol. The lowest BCUT2D eigenvalue weighted by Gasteiger charge is -2.18. The lowest BCUT2D eigenvalue weighted by molar-refractivity contribution is -0.123. The molecule has 0 radical (unpaired) electrons. The molecule has 2 aromatic carbocycles. The van der Waals surface area contributed by atoms with Crippen LogP contribution in [0.5, 0.6) is 5.75 Å². The van der Waals surface area contributed by atoms with E-state index in [4.69, 9.17) is 4.74 Å². The molecule has 4 aromatic rings. The first-order valence-electron chi connectivity index (χ1n) is 11.0. The second-order valence-electron chi connectivity index (χ2n) is 7.65. The van der Waals surface area contributed by atoms with Crippen LogP contribution in [0.4, 0.5) is 10.8 Å². The number of hydrogen-bond acceptors (Lipinski definition) is 7. The topological polar surface area (TPSA) is 105 Å². The van der Waals surface area contributed by atoms with Gasteiger partial charge in [-0.2, -0.15) is 0 Å². The Balaban J connectivity index is 1.45. The summed E-state index contributed by atoms with van der Waals surface area (Å²) in [6.45, 7) is 0.339. The van der Waals surface area contributed by atoms with Gasteiger partial charge in [-0.1, -0.05) is 42.5 Å². The highest BCUT2D eigenvalue weighted by atomic mass is 32.1. The molecule has 0 aliphatic rings. The van der Waals surface area contributed by atoms with Crippen LogP contribution in [-0.4, -0.2) is 34.9 Å². The van der Waals surface area contributed by atoms with Crippen molar-refractivity contribution in [2.24, 2.45) is 0 Å². The fourth-order valence-corrected chi connectivity index (χ4v) is 4.11. The fourth-order valence-electron chi connectivity index (χ4n) is 3.40. The van der Waals surface area contributed by atoms with Crippen molar-refractivity contribution >= 4 is 34.0 Å². The SMILES string of the molecule is COc1ccccc1Nc1nc(C(=O)N[C@H](Cc2ccccc2)C(=O)NCc2ccncc2)cs1. The van der Waals surface area contributed by atoms with Gasteiger partial charge in [-0.05, 0) is 35.4 Å². The number of nitrogens with one attached hydrogen (secondary N) is 3. The van der Waals surface area contributed by atoms with Crippen molar-refractivity contribution in [3.8, 4) is 5.75 Å². The number of para-hydroxylation sites is 2. The van der Waals surface area contributed by atoms with E-state index in [-0.39, 0.29) is 11.6 Å². The van der Waals surface area contributed by atoms with Crippen LogP contribution >= 0.6 is 11.3 Å². The molecule has 0 bridgehead atoms. The first kappa shape index (κ1) is 23.9. The number of anilines is 2. The van der Waals surface area contributed by atoms with Gasteiger partial charge in [0.15, 0.2) is 5.13 Å². The molecule has 1 atom stereocenters. The Bertz CT molecular complexity index is 1260. The van der Waals surface area contributed by atoms with E-state index in [2.05, 4.69) is 25.9 Å². The molecule has 8 nitrogen and oxygen atoms in total. The maximum atomic E-state index is 13.0. The molecule has 3 N–H and O–H groups in total. The van der Waals surface area contributed by atoms with Crippen LogP contribution in [0.2, 0.25) is 0 Å². The van der Waals surface area contributed by atoms with Gasteiger partial charge in [0.05, 0.1) is 12.8 Å². The van der Waals surface area contributed by atoms with Gasteiger partial charge < -0.3 is 20.7 Å². The Morgan fingerprint density at radius 3 is 2.49 bits per heavy atom. The van der Waals surface area contributed by atoms with Crippen LogP contribution in [0.3, 0.4) is 0 Å². The second-order valence-corrected chi connectivity index (χ2v) is 8.51. The van der Waals surface area contributed by atoms with Gasteiger partial charge in [-0.3, -0.25) is 14.6 Å². The number of nitrogens with zero attached hydrogens (tertiary/aromatic N) is 2. The van der Waals surface area contributed by atoms with Crippen LogP contribution in [0, 0.1) is 0 Å². The highest BCUT2D eigenvalue weighted by molar-refractivity contribution is 7.14. The Hall–Kier alpha value is -4.24. The maximum absolute atomic E-state index is 13.0. The molecule has 2 amide bonds. The van der Waals surface area contributed by atoms with Gasteiger partial charge in [0.1, 0.15) is 17.5 Å². The van der Waals surface area contributed by atoms with E-state index < -0.39 is 11.9 Å². The monoisotopic (exact) mass is 487 g/mol. The van der Waals surface area contributed by atoms with E-state index in [9.17, 15) is 9.59 Å². The highest BCUT2D eigenvalue weighted by Crippen LogP contribution is 2.28. The molecule has 0 fully saturated rings. The molecule has 178 valence electrons. The zero-order chi connectivity index (χ0) is 24.5. The van der Waals surface area contributed by atoms with Gasteiger partial charge in [-0.15, -0.1) is 11.3 Å². The zero-order valence-electron chi connectivity index (χ0n) is 19.1. The molecule has 35 heavy (non-hydrogen) atoms. The first-order valence-corrected chi connectivity index (χ1v) is 11.9. The normalized spacial score (nSPS) is 11.3. The average Bonchev–Trinajstić information content (AvgIpc) is 3.37. The van der Waals surface area contributed by atoms with Crippen LogP contribution in [-0.2, 0) is 17.8 Å². The lowest BCUT2D eigenvalue weighted by Crippen LogP contribution is -2.47. The van der Waals surface area contributed by atoms with E-state index in [0.29, 0.717) is 23.8 Å². The van der Waals surface area contributed by atoms with Crippen molar-refractivity contribution in [3.05, 3.63) is 101 Å². The van der Waals surface area contributed by atoms with Crippen molar-refractivity contribution in [1.29, 1.82) is 0 Å². The van der Waals surface area contributed by atoms with Crippen molar-refractivity contribution in [2.45, 2.75) is 19.0 Å². The Morgan fingerprint density at radius 1 is 0.971 bits per heavy atom. The van der Waals surface area contributed by atoms with Gasteiger partial charge in [0, 0.05) is 30.7 Å². The van der Waals surface area contributed by atoms with Gasteiger partial charge in [-0.25, -0.2) is 4.98 Å². The highest BCUT2D eigenvalue weighted by Gasteiger charge is 2.23. The molecule has 2 aromatic heterocycles. The van der Waals surface area contributed by atoms with E-state index >= 15 is 0 Å². The van der Waals surface area contributed by atoms with Crippen LogP contribution in [0.15, 0.2) is 84.5 Å². The largest absolute Gasteiger partial charge is 0.495 e. The van der Waals surface area contributed by atoms with Crippen molar-refractivity contribution in [3.63, 3.8) is 0 Å². The van der Waals surface area contributed by atoms with Crippen molar-refractivity contribution in [1.82, 2.24) is 20.6 Å². The fraction of sp³-hybridized carbons (Fsp3) is 0.154. The number of carbonyl (C=O) groups is 2. The number of aromatic nitrogens is 2. The first-order chi connectivity index (χ1) is 17.1. The third-order valence-corrected chi connectivity index (χ3v) is 5.96. The van der Waals surface area contributed by atoms with E-state index in [1.807, 2.05) is 66.7 Å². The summed E-state index contributed by atoms with van der Waals surface area (Å²) in [5, 5.41) is 11.1. The minimum Gasteiger partial charge on any atom is -0.495 e.